The van der Waals surface area contributed by atoms with E-state index in [9.17, 15) is 9.59 Å². The molecule has 2 aromatic carbocycles. The largest absolute Gasteiger partial charge is 0.494 e. The molecule has 2 aromatic rings. The first-order valence-electron chi connectivity index (χ1n) is 9.08. The van der Waals surface area contributed by atoms with E-state index in [1.165, 1.54) is 0 Å². The van der Waals surface area contributed by atoms with E-state index >= 15 is 0 Å². The van der Waals surface area contributed by atoms with Crippen molar-refractivity contribution in [2.75, 3.05) is 23.4 Å². The van der Waals surface area contributed by atoms with Gasteiger partial charge in [0, 0.05) is 23.1 Å². The molecule has 1 heterocycles. The van der Waals surface area contributed by atoms with Gasteiger partial charge < -0.3 is 15.0 Å². The molecule has 1 fully saturated rings. The number of nitrogens with zero attached hydrogens (tertiary/aromatic N) is 1. The van der Waals surface area contributed by atoms with Crippen molar-refractivity contribution in [1.29, 1.82) is 0 Å². The molecule has 6 heteroatoms. The number of hydrogen-bond donors (Lipinski definition) is 1. The van der Waals surface area contributed by atoms with Gasteiger partial charge in [0.1, 0.15) is 5.75 Å². The molecule has 0 spiro atoms. The van der Waals surface area contributed by atoms with E-state index in [0.717, 1.165) is 27.9 Å². The van der Waals surface area contributed by atoms with E-state index < -0.39 is 0 Å². The number of carbonyl (C=O) groups is 2. The monoisotopic (exact) mass is 430 g/mol. The molecule has 3 rings (SSSR count). The molecule has 1 saturated heterocycles. The van der Waals surface area contributed by atoms with E-state index in [1.54, 1.807) is 4.90 Å². The number of ether oxygens (including phenoxy) is 1. The number of hydrogen-bond acceptors (Lipinski definition) is 3. The van der Waals surface area contributed by atoms with E-state index in [2.05, 4.69) is 28.2 Å². The highest BCUT2D eigenvalue weighted by Gasteiger charge is 2.35. The fraction of sp³-hybridized carbons (Fsp3) is 0.333. The van der Waals surface area contributed by atoms with Crippen molar-refractivity contribution < 1.29 is 14.3 Å². The minimum absolute atomic E-state index is 0.0413. The lowest BCUT2D eigenvalue weighted by Gasteiger charge is -2.17. The van der Waals surface area contributed by atoms with Gasteiger partial charge in [-0.3, -0.25) is 9.59 Å². The maximum absolute atomic E-state index is 12.6. The molecule has 5 nitrogen and oxygen atoms in total. The van der Waals surface area contributed by atoms with Crippen LogP contribution >= 0.6 is 15.9 Å². The molecule has 0 aliphatic carbocycles. The Bertz CT molecular complexity index is 836. The molecular formula is C21H23BrN2O3. The summed E-state index contributed by atoms with van der Waals surface area (Å²) in [6.07, 6.45) is 1.16. The highest BCUT2D eigenvalue weighted by Crippen LogP contribution is 2.29. The van der Waals surface area contributed by atoms with E-state index in [4.69, 9.17) is 4.74 Å². The zero-order valence-electron chi connectivity index (χ0n) is 15.5. The number of benzene rings is 2. The lowest BCUT2D eigenvalue weighted by molar-refractivity contribution is -0.122. The second-order valence-corrected chi connectivity index (χ2v) is 7.57. The zero-order chi connectivity index (χ0) is 19.4. The van der Waals surface area contributed by atoms with Crippen molar-refractivity contribution in [2.24, 2.45) is 5.92 Å². The van der Waals surface area contributed by atoms with Crippen molar-refractivity contribution in [2.45, 2.75) is 26.7 Å². The number of amides is 2. The molecular weight excluding hydrogens is 408 g/mol. The minimum Gasteiger partial charge on any atom is -0.494 e. The molecule has 0 aromatic heterocycles. The number of aryl methyl sites for hydroxylation is 1. The molecule has 0 bridgehead atoms. The minimum atomic E-state index is -0.373. The first kappa shape index (κ1) is 19.4. The van der Waals surface area contributed by atoms with Crippen LogP contribution in [0.1, 0.15) is 25.3 Å². The van der Waals surface area contributed by atoms with Crippen LogP contribution < -0.4 is 15.0 Å². The van der Waals surface area contributed by atoms with Crippen molar-refractivity contribution in [3.05, 3.63) is 52.5 Å². The van der Waals surface area contributed by atoms with Crippen LogP contribution in [0, 0.1) is 12.8 Å². The van der Waals surface area contributed by atoms with Gasteiger partial charge in [-0.25, -0.2) is 0 Å². The number of anilines is 2. The van der Waals surface area contributed by atoms with Crippen molar-refractivity contribution >= 4 is 39.1 Å². The van der Waals surface area contributed by atoms with Gasteiger partial charge in [0.05, 0.1) is 18.2 Å². The number of halogens is 1. The lowest BCUT2D eigenvalue weighted by Crippen LogP contribution is -2.28. The first-order chi connectivity index (χ1) is 13.0. The second-order valence-electron chi connectivity index (χ2n) is 6.72. The topological polar surface area (TPSA) is 58.6 Å². The Hall–Kier alpha value is -2.34. The lowest BCUT2D eigenvalue weighted by atomic mass is 10.1. The van der Waals surface area contributed by atoms with Crippen LogP contribution in [0.4, 0.5) is 11.4 Å². The van der Waals surface area contributed by atoms with Crippen molar-refractivity contribution in [1.82, 2.24) is 0 Å². The highest BCUT2D eigenvalue weighted by molar-refractivity contribution is 9.10. The van der Waals surface area contributed by atoms with Crippen LogP contribution in [0.2, 0.25) is 0 Å². The van der Waals surface area contributed by atoms with Crippen LogP contribution in [0.15, 0.2) is 46.9 Å². The maximum atomic E-state index is 12.6. The molecule has 142 valence electrons. The molecule has 1 aliphatic rings. The third kappa shape index (κ3) is 4.69. The predicted molar refractivity (Wildman–Crippen MR) is 110 cm³/mol. The highest BCUT2D eigenvalue weighted by atomic mass is 79.9. The van der Waals surface area contributed by atoms with Gasteiger partial charge in [0.25, 0.3) is 0 Å². The van der Waals surface area contributed by atoms with Gasteiger partial charge in [0.2, 0.25) is 11.8 Å². The van der Waals surface area contributed by atoms with Gasteiger partial charge in [0.15, 0.2) is 0 Å². The van der Waals surface area contributed by atoms with Crippen molar-refractivity contribution in [3.63, 3.8) is 0 Å². The molecule has 0 saturated carbocycles. The number of nitrogens with one attached hydrogen (secondary N) is 1. The Morgan fingerprint density at radius 3 is 2.67 bits per heavy atom. The number of rotatable bonds is 6. The summed E-state index contributed by atoms with van der Waals surface area (Å²) in [6, 6.07) is 13.2. The van der Waals surface area contributed by atoms with E-state index in [-0.39, 0.29) is 24.2 Å². The van der Waals surface area contributed by atoms with E-state index in [1.807, 2.05) is 49.4 Å². The van der Waals surface area contributed by atoms with Gasteiger partial charge in [-0.2, -0.15) is 0 Å². The molecule has 1 atom stereocenters. The SMILES string of the molecule is CCCOc1ccc(N2C[C@H](C(=O)Nc3ccc(C)cc3Br)CC2=O)cc1. The van der Waals surface area contributed by atoms with Crippen LogP contribution in [0.3, 0.4) is 0 Å². The Morgan fingerprint density at radius 2 is 2.00 bits per heavy atom. The van der Waals surface area contributed by atoms with E-state index in [0.29, 0.717) is 18.8 Å². The fourth-order valence-electron chi connectivity index (χ4n) is 3.03. The summed E-state index contributed by atoms with van der Waals surface area (Å²) >= 11 is 3.47. The Kier molecular flexibility index (Phi) is 6.16. The average Bonchev–Trinajstić information content (AvgIpc) is 3.04. The third-order valence-electron chi connectivity index (χ3n) is 4.50. The van der Waals surface area contributed by atoms with Crippen LogP contribution in [0.5, 0.6) is 5.75 Å². The Labute approximate surface area is 167 Å². The van der Waals surface area contributed by atoms with Crippen LogP contribution in [-0.4, -0.2) is 25.0 Å². The summed E-state index contributed by atoms with van der Waals surface area (Å²) < 4.78 is 6.41. The maximum Gasteiger partial charge on any atom is 0.229 e. The van der Waals surface area contributed by atoms with Gasteiger partial charge in [-0.1, -0.05) is 13.0 Å². The molecule has 0 radical (unpaired) electrons. The summed E-state index contributed by atoms with van der Waals surface area (Å²) in [4.78, 5) is 26.7. The van der Waals surface area contributed by atoms with Gasteiger partial charge >= 0.3 is 0 Å². The summed E-state index contributed by atoms with van der Waals surface area (Å²) in [5, 5.41) is 2.92. The molecule has 27 heavy (non-hydrogen) atoms. The smallest absolute Gasteiger partial charge is 0.229 e. The Morgan fingerprint density at radius 1 is 1.26 bits per heavy atom. The summed E-state index contributed by atoms with van der Waals surface area (Å²) in [5.74, 6) is 0.228. The second kappa shape index (κ2) is 8.57. The molecule has 1 aliphatic heterocycles. The van der Waals surface area contributed by atoms with Crippen LogP contribution in [-0.2, 0) is 9.59 Å². The number of carbonyl (C=O) groups excluding carboxylic acids is 2. The van der Waals surface area contributed by atoms with Crippen molar-refractivity contribution in [3.8, 4) is 5.75 Å². The molecule has 0 unspecified atom stereocenters. The normalized spacial score (nSPS) is 16.5. The summed E-state index contributed by atoms with van der Waals surface area (Å²) in [6.45, 7) is 5.09. The third-order valence-corrected chi connectivity index (χ3v) is 5.16. The average molecular weight is 431 g/mol. The Balaban J connectivity index is 1.65. The quantitative estimate of drug-likeness (QED) is 0.731. The summed E-state index contributed by atoms with van der Waals surface area (Å²) in [5.41, 5.74) is 2.61. The standard InChI is InChI=1S/C21H23BrN2O3/c1-3-10-27-17-7-5-16(6-8-17)24-13-15(12-20(24)25)21(26)23-19-9-4-14(2)11-18(19)22/h4-9,11,15H,3,10,12-13H2,1-2H3,(H,23,26)/t15-/m1/s1. The summed E-state index contributed by atoms with van der Waals surface area (Å²) in [7, 11) is 0. The first-order valence-corrected chi connectivity index (χ1v) is 9.87. The van der Waals surface area contributed by atoms with Crippen LogP contribution in [0.25, 0.3) is 0 Å². The van der Waals surface area contributed by atoms with Gasteiger partial charge in [-0.15, -0.1) is 0 Å². The van der Waals surface area contributed by atoms with Gasteiger partial charge in [-0.05, 0) is 71.2 Å². The predicted octanol–water partition coefficient (Wildman–Crippen LogP) is 4.54. The molecule has 1 N–H and O–H groups in total. The zero-order valence-corrected chi connectivity index (χ0v) is 17.1. The molecule has 2 amide bonds. The fourth-order valence-corrected chi connectivity index (χ4v) is 3.62.